The van der Waals surface area contributed by atoms with Gasteiger partial charge in [-0.05, 0) is 55.0 Å². The van der Waals surface area contributed by atoms with Crippen molar-refractivity contribution in [2.24, 2.45) is 0 Å². The summed E-state index contributed by atoms with van der Waals surface area (Å²) in [5, 5.41) is 0. The van der Waals surface area contributed by atoms with Gasteiger partial charge in [0.15, 0.2) is 0 Å². The Labute approximate surface area is 159 Å². The predicted octanol–water partition coefficient (Wildman–Crippen LogP) is 4.55. The van der Waals surface area contributed by atoms with Crippen molar-refractivity contribution in [2.45, 2.75) is 25.2 Å². The van der Waals surface area contributed by atoms with Crippen molar-refractivity contribution in [3.05, 3.63) is 84.3 Å². The summed E-state index contributed by atoms with van der Waals surface area (Å²) in [6, 6.07) is 18.3. The fourth-order valence-corrected chi connectivity index (χ4v) is 3.75. The third-order valence-corrected chi connectivity index (χ3v) is 5.27. The molecule has 4 rings (SSSR count). The summed E-state index contributed by atoms with van der Waals surface area (Å²) in [6.45, 7) is 1.61. The average molecular weight is 357 g/mol. The fraction of sp³-hybridized carbons (Fsp3) is 0.261. The average Bonchev–Trinajstić information content (AvgIpc) is 3.01. The van der Waals surface area contributed by atoms with Gasteiger partial charge in [0.05, 0.1) is 11.3 Å². The quantitative estimate of drug-likeness (QED) is 0.691. The molecule has 0 saturated carbocycles. The first kappa shape index (κ1) is 17.4. The summed E-state index contributed by atoms with van der Waals surface area (Å²) >= 11 is 0. The number of hydrogen-bond donors (Lipinski definition) is 0. The smallest absolute Gasteiger partial charge is 0.255 e. The van der Waals surface area contributed by atoms with Crippen LogP contribution in [-0.2, 0) is 0 Å². The van der Waals surface area contributed by atoms with E-state index in [9.17, 15) is 4.79 Å². The fourth-order valence-electron chi connectivity index (χ4n) is 3.75. The van der Waals surface area contributed by atoms with E-state index in [1.54, 1.807) is 18.6 Å². The van der Waals surface area contributed by atoms with E-state index in [0.29, 0.717) is 11.5 Å². The highest BCUT2D eigenvalue weighted by Crippen LogP contribution is 2.28. The van der Waals surface area contributed by atoms with Gasteiger partial charge in [0.25, 0.3) is 5.91 Å². The normalized spacial score (nSPS) is 17.3. The van der Waals surface area contributed by atoms with E-state index in [-0.39, 0.29) is 5.91 Å². The van der Waals surface area contributed by atoms with Crippen molar-refractivity contribution in [3.63, 3.8) is 0 Å². The minimum absolute atomic E-state index is 0.0810. The molecule has 1 aliphatic heterocycles. The molecule has 3 aromatic rings. The van der Waals surface area contributed by atoms with Crippen LogP contribution >= 0.6 is 0 Å². The Morgan fingerprint density at radius 2 is 1.74 bits per heavy atom. The Morgan fingerprint density at radius 1 is 0.926 bits per heavy atom. The molecular formula is C23H23N3O. The van der Waals surface area contributed by atoms with Crippen molar-refractivity contribution >= 4 is 5.91 Å². The highest BCUT2D eigenvalue weighted by molar-refractivity contribution is 5.94. The summed E-state index contributed by atoms with van der Waals surface area (Å²) in [5.74, 6) is 0.619. The number of rotatable bonds is 3. The highest BCUT2D eigenvalue weighted by atomic mass is 16.2. The summed E-state index contributed by atoms with van der Waals surface area (Å²) in [6.07, 6.45) is 8.36. The van der Waals surface area contributed by atoms with Crippen molar-refractivity contribution in [1.29, 1.82) is 0 Å². The van der Waals surface area contributed by atoms with E-state index in [2.05, 4.69) is 40.3 Å². The molecule has 1 fully saturated rings. The molecular weight excluding hydrogens is 334 g/mol. The second kappa shape index (κ2) is 8.12. The summed E-state index contributed by atoms with van der Waals surface area (Å²) in [5.41, 5.74) is 3.90. The first-order valence-electron chi connectivity index (χ1n) is 9.52. The van der Waals surface area contributed by atoms with Crippen LogP contribution in [0.25, 0.3) is 11.3 Å². The molecule has 4 nitrogen and oxygen atoms in total. The lowest BCUT2D eigenvalue weighted by Gasteiger charge is -2.21. The summed E-state index contributed by atoms with van der Waals surface area (Å²) in [4.78, 5) is 23.4. The van der Waals surface area contributed by atoms with Crippen molar-refractivity contribution in [2.75, 3.05) is 13.1 Å². The number of carbonyl (C=O) groups is 1. The van der Waals surface area contributed by atoms with E-state index in [1.807, 2.05) is 29.2 Å². The van der Waals surface area contributed by atoms with Crippen LogP contribution in [0.15, 0.2) is 73.2 Å². The molecule has 1 amide bonds. The number of hydrogen-bond acceptors (Lipinski definition) is 3. The molecule has 1 saturated heterocycles. The second-order valence-corrected chi connectivity index (χ2v) is 7.00. The number of pyridine rings is 2. The molecule has 0 bridgehead atoms. The monoisotopic (exact) mass is 357 g/mol. The maximum Gasteiger partial charge on any atom is 0.255 e. The molecule has 27 heavy (non-hydrogen) atoms. The van der Waals surface area contributed by atoms with Gasteiger partial charge in [0.2, 0.25) is 0 Å². The maximum absolute atomic E-state index is 12.9. The van der Waals surface area contributed by atoms with Crippen molar-refractivity contribution < 1.29 is 4.79 Å². The van der Waals surface area contributed by atoms with E-state index < -0.39 is 0 Å². The number of likely N-dealkylation sites (tertiary alicyclic amines) is 1. The molecule has 1 aromatic carbocycles. The molecule has 1 atom stereocenters. The van der Waals surface area contributed by atoms with Crippen LogP contribution in [0.2, 0.25) is 0 Å². The van der Waals surface area contributed by atoms with Gasteiger partial charge in [-0.1, -0.05) is 30.3 Å². The van der Waals surface area contributed by atoms with Crippen LogP contribution in [0.5, 0.6) is 0 Å². The van der Waals surface area contributed by atoms with Gasteiger partial charge < -0.3 is 4.90 Å². The molecule has 0 aliphatic carbocycles. The van der Waals surface area contributed by atoms with Crippen LogP contribution < -0.4 is 0 Å². The van der Waals surface area contributed by atoms with Crippen LogP contribution in [0.1, 0.15) is 41.1 Å². The number of amides is 1. The van der Waals surface area contributed by atoms with Crippen molar-refractivity contribution in [3.8, 4) is 11.3 Å². The highest BCUT2D eigenvalue weighted by Gasteiger charge is 2.22. The Bertz CT molecular complexity index is 879. The molecule has 0 spiro atoms. The van der Waals surface area contributed by atoms with Gasteiger partial charge in [-0.2, -0.15) is 0 Å². The Morgan fingerprint density at radius 3 is 2.48 bits per heavy atom. The zero-order valence-electron chi connectivity index (χ0n) is 15.3. The molecule has 2 aromatic heterocycles. The van der Waals surface area contributed by atoms with Crippen LogP contribution in [0.4, 0.5) is 0 Å². The van der Waals surface area contributed by atoms with Gasteiger partial charge in [0.1, 0.15) is 0 Å². The predicted molar refractivity (Wildman–Crippen MR) is 106 cm³/mol. The molecule has 3 heterocycles. The standard InChI is InChI=1S/C23H23N3O/c27-23(21-8-9-22(25-17-21)20-10-13-24-14-11-20)26-15-4-7-19(12-16-26)18-5-2-1-3-6-18/h1-3,5-6,8-11,13-14,17,19H,4,7,12,15-16H2/t19-/m1/s1. The maximum atomic E-state index is 12.9. The van der Waals surface area contributed by atoms with E-state index in [1.165, 1.54) is 5.56 Å². The number of benzene rings is 1. The lowest BCUT2D eigenvalue weighted by Crippen LogP contribution is -2.32. The Kier molecular flexibility index (Phi) is 5.24. The number of carbonyl (C=O) groups excluding carboxylic acids is 1. The third-order valence-electron chi connectivity index (χ3n) is 5.27. The molecule has 136 valence electrons. The third kappa shape index (κ3) is 4.05. The van der Waals surface area contributed by atoms with E-state index in [4.69, 9.17) is 0 Å². The van der Waals surface area contributed by atoms with Gasteiger partial charge in [-0.25, -0.2) is 0 Å². The van der Waals surface area contributed by atoms with Gasteiger partial charge in [-0.3, -0.25) is 14.8 Å². The van der Waals surface area contributed by atoms with Crippen LogP contribution in [0.3, 0.4) is 0 Å². The molecule has 1 aliphatic rings. The second-order valence-electron chi connectivity index (χ2n) is 7.00. The van der Waals surface area contributed by atoms with Gasteiger partial charge in [0, 0.05) is 37.2 Å². The van der Waals surface area contributed by atoms with E-state index in [0.717, 1.165) is 43.6 Å². The van der Waals surface area contributed by atoms with Gasteiger partial charge in [-0.15, -0.1) is 0 Å². The summed E-state index contributed by atoms with van der Waals surface area (Å²) in [7, 11) is 0. The Hall–Kier alpha value is -3.01. The first-order valence-corrected chi connectivity index (χ1v) is 9.52. The lowest BCUT2D eigenvalue weighted by atomic mass is 9.92. The SMILES string of the molecule is O=C(c1ccc(-c2ccncc2)nc1)N1CCC[C@@H](c2ccccc2)CC1. The first-order chi connectivity index (χ1) is 13.3. The minimum Gasteiger partial charge on any atom is -0.339 e. The summed E-state index contributed by atoms with van der Waals surface area (Å²) < 4.78 is 0. The van der Waals surface area contributed by atoms with E-state index >= 15 is 0 Å². The molecule has 4 heteroatoms. The molecule has 0 N–H and O–H groups in total. The number of nitrogens with zero attached hydrogens (tertiary/aromatic N) is 3. The Balaban J connectivity index is 1.43. The topological polar surface area (TPSA) is 46.1 Å². The van der Waals surface area contributed by atoms with Crippen LogP contribution in [-0.4, -0.2) is 33.9 Å². The lowest BCUT2D eigenvalue weighted by molar-refractivity contribution is 0.0760. The zero-order chi connectivity index (χ0) is 18.5. The number of aromatic nitrogens is 2. The van der Waals surface area contributed by atoms with Crippen LogP contribution in [0, 0.1) is 0 Å². The van der Waals surface area contributed by atoms with Crippen molar-refractivity contribution in [1.82, 2.24) is 14.9 Å². The zero-order valence-corrected chi connectivity index (χ0v) is 15.3. The van der Waals surface area contributed by atoms with Gasteiger partial charge >= 0.3 is 0 Å². The molecule has 0 radical (unpaired) electrons. The minimum atomic E-state index is 0.0810. The largest absolute Gasteiger partial charge is 0.339 e. The molecule has 0 unspecified atom stereocenters.